The lowest BCUT2D eigenvalue weighted by Crippen LogP contribution is -2.42. The summed E-state index contributed by atoms with van der Waals surface area (Å²) in [5.41, 5.74) is 0.704. The van der Waals surface area contributed by atoms with Crippen molar-refractivity contribution in [2.24, 2.45) is 0 Å². The molecule has 1 aromatic heterocycles. The van der Waals surface area contributed by atoms with Crippen LogP contribution in [0.5, 0.6) is 11.5 Å². The Morgan fingerprint density at radius 2 is 2.22 bits per heavy atom. The zero-order chi connectivity index (χ0) is 16.1. The molecule has 1 N–H and O–H groups in total. The molecule has 1 fully saturated rings. The van der Waals surface area contributed by atoms with Crippen LogP contribution in [0.15, 0.2) is 24.4 Å². The molecule has 1 atom stereocenters. The van der Waals surface area contributed by atoms with Crippen molar-refractivity contribution >= 4 is 10.9 Å². The molecule has 0 bridgehead atoms. The molecule has 0 aliphatic carbocycles. The summed E-state index contributed by atoms with van der Waals surface area (Å²) in [6, 6.07) is 8.57. The zero-order valence-corrected chi connectivity index (χ0v) is 13.2. The number of aliphatic hydroxyl groups excluding tert-OH is 1. The highest BCUT2D eigenvalue weighted by Crippen LogP contribution is 2.33. The number of benzene rings is 1. The smallest absolute Gasteiger partial charge is 0.187 e. The third-order valence-corrected chi connectivity index (χ3v) is 3.82. The van der Waals surface area contributed by atoms with Crippen molar-refractivity contribution in [1.29, 1.82) is 0 Å². The van der Waals surface area contributed by atoms with Gasteiger partial charge in [-0.15, -0.1) is 0 Å². The first kappa shape index (κ1) is 16.0. The number of aliphatic hydroxyl groups is 1. The van der Waals surface area contributed by atoms with Gasteiger partial charge in [-0.25, -0.2) is 0 Å². The predicted molar refractivity (Wildman–Crippen MR) is 85.9 cm³/mol. The highest BCUT2D eigenvalue weighted by Gasteiger charge is 2.17. The summed E-state index contributed by atoms with van der Waals surface area (Å²) in [5.74, 6) is 1.14. The maximum atomic E-state index is 10.2. The molecular weight excluding hydrogens is 296 g/mol. The minimum Gasteiger partial charge on any atom is -0.491 e. The fourth-order valence-corrected chi connectivity index (χ4v) is 2.67. The van der Waals surface area contributed by atoms with Crippen LogP contribution in [0.2, 0.25) is 0 Å². The first-order valence-electron chi connectivity index (χ1n) is 7.72. The first-order chi connectivity index (χ1) is 11.3. The van der Waals surface area contributed by atoms with Crippen LogP contribution in [0.4, 0.5) is 0 Å². The summed E-state index contributed by atoms with van der Waals surface area (Å²) in [4.78, 5) is 6.48. The van der Waals surface area contributed by atoms with E-state index < -0.39 is 6.10 Å². The molecule has 1 radical (unpaired) electrons. The lowest BCUT2D eigenvalue weighted by Gasteiger charge is -2.28. The molecule has 23 heavy (non-hydrogen) atoms. The lowest BCUT2D eigenvalue weighted by molar-refractivity contribution is 0.00447. The summed E-state index contributed by atoms with van der Waals surface area (Å²) in [5, 5.41) is 11.0. The zero-order valence-electron chi connectivity index (χ0n) is 13.2. The van der Waals surface area contributed by atoms with E-state index in [-0.39, 0.29) is 6.61 Å². The third kappa shape index (κ3) is 3.90. The van der Waals surface area contributed by atoms with Crippen LogP contribution in [0.25, 0.3) is 10.9 Å². The number of ether oxygens (including phenoxy) is 3. The molecule has 0 saturated carbocycles. The van der Waals surface area contributed by atoms with E-state index in [0.29, 0.717) is 36.8 Å². The Bertz CT molecular complexity index is 644. The molecule has 0 amide bonds. The van der Waals surface area contributed by atoms with Gasteiger partial charge >= 0.3 is 0 Å². The molecule has 6 nitrogen and oxygen atoms in total. The van der Waals surface area contributed by atoms with E-state index >= 15 is 0 Å². The monoisotopic (exact) mass is 317 g/mol. The molecule has 1 saturated heterocycles. The van der Waals surface area contributed by atoms with Gasteiger partial charge in [0.2, 0.25) is 0 Å². The van der Waals surface area contributed by atoms with E-state index in [9.17, 15) is 5.11 Å². The number of aromatic nitrogens is 1. The van der Waals surface area contributed by atoms with E-state index in [2.05, 4.69) is 16.0 Å². The van der Waals surface area contributed by atoms with Gasteiger partial charge < -0.3 is 19.3 Å². The number of pyridine rings is 1. The molecule has 1 aliphatic heterocycles. The van der Waals surface area contributed by atoms with E-state index in [1.54, 1.807) is 19.4 Å². The Morgan fingerprint density at radius 3 is 3.00 bits per heavy atom. The van der Waals surface area contributed by atoms with Crippen molar-refractivity contribution in [3.05, 3.63) is 30.5 Å². The van der Waals surface area contributed by atoms with Gasteiger partial charge in [-0.1, -0.05) is 0 Å². The number of nitrogens with zero attached hydrogens (tertiary/aromatic N) is 2. The Balaban J connectivity index is 1.64. The topological polar surface area (TPSA) is 64.0 Å². The van der Waals surface area contributed by atoms with E-state index in [1.165, 1.54) is 0 Å². The second-order valence-electron chi connectivity index (χ2n) is 5.46. The molecule has 1 aromatic carbocycles. The summed E-state index contributed by atoms with van der Waals surface area (Å²) in [7, 11) is 1.58. The van der Waals surface area contributed by atoms with Crippen LogP contribution in [0, 0.1) is 6.07 Å². The van der Waals surface area contributed by atoms with E-state index in [4.69, 9.17) is 14.2 Å². The van der Waals surface area contributed by atoms with Gasteiger partial charge in [-0.05, 0) is 24.3 Å². The summed E-state index contributed by atoms with van der Waals surface area (Å²) >= 11 is 0. The standard InChI is InChI=1S/C17H21N2O4/c1-21-17-15(5-4-13-3-2-6-18-16(13)17)23-12-14(20)11-19-7-9-22-10-8-19/h2,4-6,14,20H,7-12H2,1H3. The molecule has 6 heteroatoms. The normalized spacial score (nSPS) is 17.1. The Kier molecular flexibility index (Phi) is 5.27. The number of morpholine rings is 1. The fraction of sp³-hybridized carbons (Fsp3) is 0.471. The highest BCUT2D eigenvalue weighted by molar-refractivity contribution is 5.86. The molecule has 2 heterocycles. The fourth-order valence-electron chi connectivity index (χ4n) is 2.67. The Morgan fingerprint density at radius 1 is 1.39 bits per heavy atom. The number of fused-ring (bicyclic) bond motifs is 1. The lowest BCUT2D eigenvalue weighted by atomic mass is 10.2. The molecule has 0 spiro atoms. The second-order valence-corrected chi connectivity index (χ2v) is 5.46. The number of β-amino-alcohol motifs (C(OH)–C–C–N with tert-alkyl or cyclic N) is 1. The minimum absolute atomic E-state index is 0.204. The Hall–Kier alpha value is -1.89. The minimum atomic E-state index is -0.566. The van der Waals surface area contributed by atoms with Gasteiger partial charge in [0.25, 0.3) is 0 Å². The predicted octanol–water partition coefficient (Wildman–Crippen LogP) is 1.12. The number of rotatable bonds is 6. The molecule has 123 valence electrons. The largest absolute Gasteiger partial charge is 0.491 e. The van der Waals surface area contributed by atoms with Gasteiger partial charge in [0.15, 0.2) is 11.5 Å². The molecule has 3 rings (SSSR count). The summed E-state index contributed by atoms with van der Waals surface area (Å²) < 4.78 is 16.5. The third-order valence-electron chi connectivity index (χ3n) is 3.82. The summed E-state index contributed by atoms with van der Waals surface area (Å²) in [6.07, 6.45) is 1.10. The Labute approximate surface area is 135 Å². The van der Waals surface area contributed by atoms with Crippen molar-refractivity contribution in [1.82, 2.24) is 9.88 Å². The van der Waals surface area contributed by atoms with Crippen molar-refractivity contribution in [2.75, 3.05) is 46.6 Å². The van der Waals surface area contributed by atoms with Crippen LogP contribution < -0.4 is 9.47 Å². The van der Waals surface area contributed by atoms with Gasteiger partial charge in [0.05, 0.1) is 20.3 Å². The van der Waals surface area contributed by atoms with Crippen molar-refractivity contribution in [3.63, 3.8) is 0 Å². The van der Waals surface area contributed by atoms with E-state index in [1.807, 2.05) is 12.1 Å². The number of methoxy groups -OCH3 is 1. The van der Waals surface area contributed by atoms with Gasteiger partial charge in [0, 0.05) is 31.2 Å². The van der Waals surface area contributed by atoms with Crippen LogP contribution in [-0.2, 0) is 4.74 Å². The van der Waals surface area contributed by atoms with Gasteiger partial charge in [-0.3, -0.25) is 9.88 Å². The summed E-state index contributed by atoms with van der Waals surface area (Å²) in [6.45, 7) is 3.90. The van der Waals surface area contributed by atoms with E-state index in [0.717, 1.165) is 18.5 Å². The van der Waals surface area contributed by atoms with Crippen molar-refractivity contribution in [3.8, 4) is 11.5 Å². The number of hydrogen-bond donors (Lipinski definition) is 1. The quantitative estimate of drug-likeness (QED) is 0.861. The maximum Gasteiger partial charge on any atom is 0.187 e. The number of hydrogen-bond acceptors (Lipinski definition) is 6. The van der Waals surface area contributed by atoms with Crippen LogP contribution in [0.3, 0.4) is 0 Å². The van der Waals surface area contributed by atoms with Crippen molar-refractivity contribution in [2.45, 2.75) is 6.10 Å². The average molecular weight is 317 g/mol. The SMILES string of the molecule is COc1c(OCC(O)CN2CCOCC2)ccc2[c]ccnc12. The average Bonchev–Trinajstić information content (AvgIpc) is 2.60. The molecule has 1 unspecified atom stereocenters. The first-order valence-corrected chi connectivity index (χ1v) is 7.72. The molecular formula is C17H21N2O4. The maximum absolute atomic E-state index is 10.2. The van der Waals surface area contributed by atoms with Crippen LogP contribution in [0.1, 0.15) is 0 Å². The molecule has 1 aliphatic rings. The molecule has 2 aromatic rings. The van der Waals surface area contributed by atoms with Crippen LogP contribution >= 0.6 is 0 Å². The van der Waals surface area contributed by atoms with Crippen molar-refractivity contribution < 1.29 is 19.3 Å². The van der Waals surface area contributed by atoms with Gasteiger partial charge in [-0.2, -0.15) is 0 Å². The highest BCUT2D eigenvalue weighted by atomic mass is 16.5. The van der Waals surface area contributed by atoms with Crippen LogP contribution in [-0.4, -0.2) is 67.7 Å². The second kappa shape index (κ2) is 7.59. The van der Waals surface area contributed by atoms with Gasteiger partial charge in [0.1, 0.15) is 18.2 Å².